The van der Waals surface area contributed by atoms with Gasteiger partial charge in [0, 0.05) is 47.0 Å². The van der Waals surface area contributed by atoms with Crippen LogP contribution in [0.25, 0.3) is 11.4 Å². The first-order valence-electron chi connectivity index (χ1n) is 11.7. The molecule has 2 unspecified atom stereocenters. The molecule has 0 aromatic carbocycles. The highest BCUT2D eigenvalue weighted by atomic mass is 32.2. The average Bonchev–Trinajstić information content (AvgIpc) is 3.47. The topological polar surface area (TPSA) is 65.6 Å². The highest BCUT2D eigenvalue weighted by Gasteiger charge is 2.30. The van der Waals surface area contributed by atoms with Gasteiger partial charge in [-0.1, -0.05) is 31.5 Å². The van der Waals surface area contributed by atoms with E-state index >= 15 is 0 Å². The van der Waals surface area contributed by atoms with Gasteiger partial charge in [0.2, 0.25) is 0 Å². The summed E-state index contributed by atoms with van der Waals surface area (Å²) in [6, 6.07) is 6.97. The maximum atomic E-state index is 13.2. The Hall–Kier alpha value is -2.41. The van der Waals surface area contributed by atoms with Crippen LogP contribution in [0.2, 0.25) is 0 Å². The van der Waals surface area contributed by atoms with Crippen LogP contribution in [0, 0.1) is 19.8 Å². The van der Waals surface area contributed by atoms with E-state index in [1.165, 1.54) is 49.6 Å². The van der Waals surface area contributed by atoms with E-state index in [2.05, 4.69) is 51.2 Å². The summed E-state index contributed by atoms with van der Waals surface area (Å²) < 4.78 is 4.62. The van der Waals surface area contributed by atoms with Crippen molar-refractivity contribution in [1.82, 2.24) is 24.3 Å². The molecule has 2 atom stereocenters. The fourth-order valence-electron chi connectivity index (χ4n) is 5.21. The van der Waals surface area contributed by atoms with E-state index in [1.54, 1.807) is 6.20 Å². The summed E-state index contributed by atoms with van der Waals surface area (Å²) in [7, 11) is 0. The number of hydrogen-bond acceptors (Lipinski definition) is 5. The number of thioether (sulfide) groups is 1. The van der Waals surface area contributed by atoms with E-state index in [4.69, 9.17) is 0 Å². The average molecular weight is 450 g/mol. The zero-order valence-corrected chi connectivity index (χ0v) is 19.9. The van der Waals surface area contributed by atoms with Gasteiger partial charge in [-0.05, 0) is 63.6 Å². The van der Waals surface area contributed by atoms with Gasteiger partial charge in [0.1, 0.15) is 0 Å². The standard InChI is InChI=1S/C25H31N5OS/c1-16-7-4-5-9-22(16)30-24(19-8-6-12-26-14-19)27-28-25(30)32-15-23(31)21-13-17(2)29(18(21)3)20-10-11-20/h6,8,12-14,16,20,22H,4-5,7,9-11,15H2,1-3H3. The Balaban J connectivity index is 1.42. The fraction of sp³-hybridized carbons (Fsp3) is 0.520. The van der Waals surface area contributed by atoms with Crippen LogP contribution < -0.4 is 0 Å². The summed E-state index contributed by atoms with van der Waals surface area (Å²) in [5, 5.41) is 9.93. The molecule has 0 amide bonds. The molecule has 0 spiro atoms. The van der Waals surface area contributed by atoms with Crippen LogP contribution >= 0.6 is 11.8 Å². The maximum absolute atomic E-state index is 13.2. The van der Waals surface area contributed by atoms with Gasteiger partial charge in [-0.2, -0.15) is 0 Å². The quantitative estimate of drug-likeness (QED) is 0.336. The minimum Gasteiger partial charge on any atom is -0.345 e. The Kier molecular flexibility index (Phi) is 5.93. The number of carbonyl (C=O) groups excluding carboxylic acids is 1. The van der Waals surface area contributed by atoms with Crippen molar-refractivity contribution in [3.8, 4) is 11.4 Å². The Morgan fingerprint density at radius 2 is 1.94 bits per heavy atom. The second-order valence-corrected chi connectivity index (χ2v) is 10.3. The van der Waals surface area contributed by atoms with Gasteiger partial charge in [0.25, 0.3) is 0 Å². The zero-order valence-electron chi connectivity index (χ0n) is 19.1. The Morgan fingerprint density at radius 3 is 2.66 bits per heavy atom. The highest BCUT2D eigenvalue weighted by molar-refractivity contribution is 7.99. The van der Waals surface area contributed by atoms with Gasteiger partial charge in [-0.3, -0.25) is 14.3 Å². The van der Waals surface area contributed by atoms with E-state index in [0.717, 1.165) is 34.2 Å². The molecule has 0 aliphatic heterocycles. The second kappa shape index (κ2) is 8.85. The monoisotopic (exact) mass is 449 g/mol. The minimum atomic E-state index is 0.171. The molecular formula is C25H31N5OS. The predicted molar refractivity (Wildman–Crippen MR) is 127 cm³/mol. The number of hydrogen-bond donors (Lipinski definition) is 0. The number of pyridine rings is 1. The molecule has 32 heavy (non-hydrogen) atoms. The second-order valence-electron chi connectivity index (χ2n) is 9.34. The van der Waals surface area contributed by atoms with Crippen molar-refractivity contribution in [3.63, 3.8) is 0 Å². The number of ketones is 1. The first-order valence-corrected chi connectivity index (χ1v) is 12.7. The van der Waals surface area contributed by atoms with Crippen molar-refractivity contribution in [2.24, 2.45) is 5.92 Å². The van der Waals surface area contributed by atoms with Crippen molar-refractivity contribution in [2.45, 2.75) is 76.5 Å². The molecule has 2 aliphatic rings. The van der Waals surface area contributed by atoms with Crippen molar-refractivity contribution < 1.29 is 4.79 Å². The molecule has 3 aromatic heterocycles. The summed E-state index contributed by atoms with van der Waals surface area (Å²) >= 11 is 1.52. The molecule has 168 valence electrons. The SMILES string of the molecule is Cc1cc(C(=O)CSc2nnc(-c3cccnc3)n2C2CCCCC2C)c(C)n1C1CC1. The van der Waals surface area contributed by atoms with Crippen LogP contribution in [0.4, 0.5) is 0 Å². The van der Waals surface area contributed by atoms with E-state index in [9.17, 15) is 4.79 Å². The lowest BCUT2D eigenvalue weighted by Crippen LogP contribution is -2.22. The third-order valence-electron chi connectivity index (χ3n) is 7.01. The van der Waals surface area contributed by atoms with E-state index in [-0.39, 0.29) is 5.78 Å². The van der Waals surface area contributed by atoms with Crippen molar-refractivity contribution in [2.75, 3.05) is 5.75 Å². The Bertz CT molecular complexity index is 1120. The normalized spacial score (nSPS) is 21.1. The van der Waals surface area contributed by atoms with Gasteiger partial charge in [0.15, 0.2) is 16.8 Å². The molecule has 0 saturated heterocycles. The number of nitrogens with zero attached hydrogens (tertiary/aromatic N) is 5. The predicted octanol–water partition coefficient (Wildman–Crippen LogP) is 5.82. The molecule has 0 radical (unpaired) electrons. The molecule has 0 bridgehead atoms. The van der Waals surface area contributed by atoms with Gasteiger partial charge < -0.3 is 4.57 Å². The first kappa shape index (κ1) is 21.4. The van der Waals surface area contributed by atoms with E-state index in [0.29, 0.717) is 23.8 Å². The lowest BCUT2D eigenvalue weighted by Gasteiger charge is -2.31. The van der Waals surface area contributed by atoms with Crippen LogP contribution in [0.3, 0.4) is 0 Å². The van der Waals surface area contributed by atoms with Gasteiger partial charge in [-0.25, -0.2) is 0 Å². The van der Waals surface area contributed by atoms with Crippen LogP contribution in [-0.4, -0.2) is 35.9 Å². The lowest BCUT2D eigenvalue weighted by atomic mass is 9.85. The molecular weight excluding hydrogens is 418 g/mol. The summed E-state index contributed by atoms with van der Waals surface area (Å²) in [6.45, 7) is 6.51. The van der Waals surface area contributed by atoms with E-state index in [1.807, 2.05) is 18.3 Å². The number of Topliss-reactive ketones (excluding diaryl/α,β-unsaturated/α-hetero) is 1. The molecule has 5 rings (SSSR count). The Morgan fingerprint density at radius 1 is 1.12 bits per heavy atom. The van der Waals surface area contributed by atoms with E-state index < -0.39 is 0 Å². The highest BCUT2D eigenvalue weighted by Crippen LogP contribution is 2.40. The largest absolute Gasteiger partial charge is 0.345 e. The van der Waals surface area contributed by atoms with Crippen LogP contribution in [0.15, 0.2) is 35.7 Å². The van der Waals surface area contributed by atoms with Crippen molar-refractivity contribution >= 4 is 17.5 Å². The van der Waals surface area contributed by atoms with Crippen LogP contribution in [0.1, 0.15) is 79.3 Å². The van der Waals surface area contributed by atoms with Gasteiger partial charge >= 0.3 is 0 Å². The van der Waals surface area contributed by atoms with Gasteiger partial charge in [-0.15, -0.1) is 10.2 Å². The minimum absolute atomic E-state index is 0.171. The molecule has 2 fully saturated rings. The molecule has 6 nitrogen and oxygen atoms in total. The summed E-state index contributed by atoms with van der Waals surface area (Å²) in [4.78, 5) is 17.5. The smallest absolute Gasteiger partial charge is 0.192 e. The molecule has 3 heterocycles. The summed E-state index contributed by atoms with van der Waals surface area (Å²) in [5.74, 6) is 1.96. The summed E-state index contributed by atoms with van der Waals surface area (Å²) in [6.07, 6.45) is 10.9. The molecule has 2 aliphatic carbocycles. The third kappa shape index (κ3) is 4.03. The third-order valence-corrected chi connectivity index (χ3v) is 7.95. The number of aromatic nitrogens is 5. The lowest BCUT2D eigenvalue weighted by molar-refractivity contribution is 0.102. The van der Waals surface area contributed by atoms with Crippen LogP contribution in [-0.2, 0) is 0 Å². The van der Waals surface area contributed by atoms with Crippen LogP contribution in [0.5, 0.6) is 0 Å². The summed E-state index contributed by atoms with van der Waals surface area (Å²) in [5.41, 5.74) is 4.13. The number of aryl methyl sites for hydroxylation is 1. The number of carbonyl (C=O) groups is 1. The number of rotatable bonds is 7. The fourth-order valence-corrected chi connectivity index (χ4v) is 6.08. The maximum Gasteiger partial charge on any atom is 0.192 e. The first-order chi connectivity index (χ1) is 15.5. The molecule has 2 saturated carbocycles. The molecule has 3 aromatic rings. The van der Waals surface area contributed by atoms with Crippen molar-refractivity contribution in [3.05, 3.63) is 47.5 Å². The van der Waals surface area contributed by atoms with Gasteiger partial charge in [0.05, 0.1) is 5.75 Å². The molecule has 0 N–H and O–H groups in total. The zero-order chi connectivity index (χ0) is 22.2. The van der Waals surface area contributed by atoms with Crippen molar-refractivity contribution in [1.29, 1.82) is 0 Å². The molecule has 7 heteroatoms. The Labute approximate surface area is 193 Å².